The van der Waals surface area contributed by atoms with Crippen LogP contribution >= 0.6 is 34.8 Å². The lowest BCUT2D eigenvalue weighted by Crippen LogP contribution is -2.32. The van der Waals surface area contributed by atoms with Gasteiger partial charge in [0.25, 0.3) is 0 Å². The van der Waals surface area contributed by atoms with Gasteiger partial charge in [0.05, 0.1) is 33.8 Å². The SMILES string of the molecule is [N-]=[N+]=NC[C@H]1OC(n2c(Cl)c(C=O)c3cc(Cl)c(Cl)cc32)[C@H](O)[C@@H]1O. The van der Waals surface area contributed by atoms with E-state index in [1.165, 1.54) is 16.7 Å². The molecule has 0 aliphatic carbocycles. The summed E-state index contributed by atoms with van der Waals surface area (Å²) in [6, 6.07) is 2.97. The van der Waals surface area contributed by atoms with Gasteiger partial charge >= 0.3 is 0 Å². The Morgan fingerprint density at radius 1 is 1.28 bits per heavy atom. The van der Waals surface area contributed by atoms with Crippen LogP contribution in [0.2, 0.25) is 15.2 Å². The molecule has 11 heteroatoms. The van der Waals surface area contributed by atoms with Crippen molar-refractivity contribution in [3.63, 3.8) is 0 Å². The normalized spacial score (nSPS) is 26.0. The van der Waals surface area contributed by atoms with Crippen LogP contribution in [0.15, 0.2) is 17.2 Å². The number of nitrogens with zero attached hydrogens (tertiary/aromatic N) is 4. The number of aliphatic hydroxyl groups excluding tert-OH is 2. The number of ether oxygens (including phenoxy) is 1. The first kappa shape index (κ1) is 18.3. The molecular formula is C14H11Cl3N4O4. The molecule has 8 nitrogen and oxygen atoms in total. The molecule has 1 aliphatic rings. The van der Waals surface area contributed by atoms with Gasteiger partial charge < -0.3 is 19.5 Å². The Morgan fingerprint density at radius 2 is 1.96 bits per heavy atom. The number of halogens is 3. The molecule has 1 unspecified atom stereocenters. The number of aromatic nitrogens is 1. The number of rotatable bonds is 4. The number of benzene rings is 1. The highest BCUT2D eigenvalue weighted by molar-refractivity contribution is 6.43. The lowest BCUT2D eigenvalue weighted by Gasteiger charge is -2.19. The maximum absolute atomic E-state index is 11.4. The van der Waals surface area contributed by atoms with E-state index in [4.69, 9.17) is 45.1 Å². The van der Waals surface area contributed by atoms with E-state index in [1.54, 1.807) is 0 Å². The minimum Gasteiger partial charge on any atom is -0.388 e. The summed E-state index contributed by atoms with van der Waals surface area (Å²) in [4.78, 5) is 14.0. The molecular weight excluding hydrogens is 395 g/mol. The van der Waals surface area contributed by atoms with Crippen LogP contribution in [0, 0.1) is 0 Å². The van der Waals surface area contributed by atoms with Crippen molar-refractivity contribution < 1.29 is 19.7 Å². The van der Waals surface area contributed by atoms with E-state index in [0.717, 1.165) is 0 Å². The summed E-state index contributed by atoms with van der Waals surface area (Å²) >= 11 is 18.3. The summed E-state index contributed by atoms with van der Waals surface area (Å²) < 4.78 is 6.97. The average molecular weight is 406 g/mol. The molecule has 1 aliphatic heterocycles. The Bertz CT molecular complexity index is 896. The van der Waals surface area contributed by atoms with Crippen molar-refractivity contribution in [2.75, 3.05) is 6.54 Å². The third kappa shape index (κ3) is 2.96. The Balaban J connectivity index is 2.15. The first-order valence-corrected chi connectivity index (χ1v) is 8.20. The lowest BCUT2D eigenvalue weighted by atomic mass is 10.1. The van der Waals surface area contributed by atoms with E-state index in [1.807, 2.05) is 0 Å². The van der Waals surface area contributed by atoms with E-state index < -0.39 is 24.5 Å². The van der Waals surface area contributed by atoms with Crippen LogP contribution < -0.4 is 0 Å². The molecule has 1 fully saturated rings. The quantitative estimate of drug-likeness (QED) is 0.351. The Labute approximate surface area is 156 Å². The summed E-state index contributed by atoms with van der Waals surface area (Å²) in [5.41, 5.74) is 8.96. The summed E-state index contributed by atoms with van der Waals surface area (Å²) in [6.45, 7) is -0.171. The molecule has 25 heavy (non-hydrogen) atoms. The smallest absolute Gasteiger partial charge is 0.164 e. The van der Waals surface area contributed by atoms with Crippen molar-refractivity contribution >= 4 is 52.0 Å². The van der Waals surface area contributed by atoms with E-state index in [-0.39, 0.29) is 27.3 Å². The van der Waals surface area contributed by atoms with Gasteiger partial charge in [0.1, 0.15) is 17.4 Å². The molecule has 0 amide bonds. The van der Waals surface area contributed by atoms with Crippen molar-refractivity contribution in [1.82, 2.24) is 4.57 Å². The number of fused-ring (bicyclic) bond motifs is 1. The number of hydrogen-bond donors (Lipinski definition) is 2. The van der Waals surface area contributed by atoms with Gasteiger partial charge in [-0.05, 0) is 17.7 Å². The highest BCUT2D eigenvalue weighted by Crippen LogP contribution is 2.40. The second kappa shape index (κ2) is 7.01. The zero-order valence-electron chi connectivity index (χ0n) is 12.4. The second-order valence-electron chi connectivity index (χ2n) is 5.44. The predicted molar refractivity (Wildman–Crippen MR) is 92.3 cm³/mol. The zero-order valence-corrected chi connectivity index (χ0v) is 14.7. The number of aliphatic hydroxyl groups is 2. The molecule has 4 atom stereocenters. The molecule has 0 spiro atoms. The standard InChI is InChI=1S/C14H11Cl3N4O4/c15-7-1-5-6(4-22)13(17)21(9(5)2-8(7)16)14-12(24)11(23)10(25-14)3-19-20-18/h1-2,4,10-12,14,23-24H,3H2/t10-,11-,12-,14?/m1/s1. The molecule has 2 aromatic rings. The molecule has 132 valence electrons. The van der Waals surface area contributed by atoms with Crippen molar-refractivity contribution in [2.24, 2.45) is 5.11 Å². The molecule has 0 radical (unpaired) electrons. The summed E-state index contributed by atoms with van der Waals surface area (Å²) in [6.07, 6.45) is -4.13. The van der Waals surface area contributed by atoms with E-state index in [9.17, 15) is 15.0 Å². The fourth-order valence-electron chi connectivity index (χ4n) is 2.87. The van der Waals surface area contributed by atoms with Gasteiger partial charge in [0, 0.05) is 10.3 Å². The largest absolute Gasteiger partial charge is 0.388 e. The Hall–Kier alpha value is -1.51. The van der Waals surface area contributed by atoms with Gasteiger partial charge in [-0.2, -0.15) is 0 Å². The van der Waals surface area contributed by atoms with Gasteiger partial charge in [-0.25, -0.2) is 0 Å². The number of aldehydes is 1. The second-order valence-corrected chi connectivity index (χ2v) is 6.61. The van der Waals surface area contributed by atoms with Crippen molar-refractivity contribution in [1.29, 1.82) is 0 Å². The summed E-state index contributed by atoms with van der Waals surface area (Å²) in [5, 5.41) is 24.7. The molecule has 2 N–H and O–H groups in total. The zero-order chi connectivity index (χ0) is 18.3. The van der Waals surface area contributed by atoms with E-state index in [2.05, 4.69) is 10.0 Å². The molecule has 1 saturated heterocycles. The first-order chi connectivity index (χ1) is 11.9. The van der Waals surface area contributed by atoms with Crippen LogP contribution in [0.3, 0.4) is 0 Å². The van der Waals surface area contributed by atoms with Gasteiger partial charge in [0.15, 0.2) is 12.5 Å². The number of hydrogen-bond acceptors (Lipinski definition) is 5. The highest BCUT2D eigenvalue weighted by atomic mass is 35.5. The maximum atomic E-state index is 11.4. The predicted octanol–water partition coefficient (Wildman–Crippen LogP) is 3.34. The Morgan fingerprint density at radius 3 is 2.60 bits per heavy atom. The average Bonchev–Trinajstić information content (AvgIpc) is 3.00. The van der Waals surface area contributed by atoms with Gasteiger partial charge in [0.2, 0.25) is 0 Å². The minimum absolute atomic E-state index is 0.00372. The van der Waals surface area contributed by atoms with Crippen LogP contribution in [0.4, 0.5) is 0 Å². The third-order valence-corrected chi connectivity index (χ3v) is 5.16. The molecule has 1 aromatic carbocycles. The molecule has 2 heterocycles. The molecule has 0 saturated carbocycles. The topological polar surface area (TPSA) is 120 Å². The van der Waals surface area contributed by atoms with Crippen molar-refractivity contribution in [2.45, 2.75) is 24.5 Å². The van der Waals surface area contributed by atoms with Crippen LogP contribution in [0.1, 0.15) is 16.6 Å². The van der Waals surface area contributed by atoms with Gasteiger partial charge in [-0.15, -0.1) is 0 Å². The van der Waals surface area contributed by atoms with Crippen molar-refractivity contribution in [3.8, 4) is 0 Å². The van der Waals surface area contributed by atoms with Crippen LogP contribution in [0.5, 0.6) is 0 Å². The first-order valence-electron chi connectivity index (χ1n) is 7.06. The molecule has 1 aromatic heterocycles. The number of carbonyl (C=O) groups excluding carboxylic acids is 1. The minimum atomic E-state index is -1.36. The Kier molecular flexibility index (Phi) is 5.13. The fourth-order valence-corrected chi connectivity index (χ4v) is 3.52. The number of carbonyl (C=O) groups is 1. The van der Waals surface area contributed by atoms with Gasteiger partial charge in [-0.1, -0.05) is 39.9 Å². The van der Waals surface area contributed by atoms with Crippen molar-refractivity contribution in [3.05, 3.63) is 43.3 Å². The fraction of sp³-hybridized carbons (Fsp3) is 0.357. The van der Waals surface area contributed by atoms with Crippen LogP contribution in [-0.2, 0) is 4.74 Å². The molecule has 0 bridgehead atoms. The maximum Gasteiger partial charge on any atom is 0.164 e. The highest BCUT2D eigenvalue weighted by Gasteiger charge is 2.44. The van der Waals surface area contributed by atoms with E-state index >= 15 is 0 Å². The van der Waals surface area contributed by atoms with Gasteiger partial charge in [-0.3, -0.25) is 4.79 Å². The van der Waals surface area contributed by atoms with Crippen LogP contribution in [-0.4, -0.2) is 45.9 Å². The monoisotopic (exact) mass is 404 g/mol. The lowest BCUT2D eigenvalue weighted by molar-refractivity contribution is -0.0313. The molecule has 3 rings (SSSR count). The van der Waals surface area contributed by atoms with E-state index in [0.29, 0.717) is 17.2 Å². The van der Waals surface area contributed by atoms with Crippen LogP contribution in [0.25, 0.3) is 21.3 Å². The number of azide groups is 1. The summed E-state index contributed by atoms with van der Waals surface area (Å²) in [5.74, 6) is 0. The third-order valence-electron chi connectivity index (χ3n) is 4.06. The summed E-state index contributed by atoms with van der Waals surface area (Å²) in [7, 11) is 0.